The van der Waals surface area contributed by atoms with Crippen molar-refractivity contribution in [3.63, 3.8) is 0 Å². The number of halogens is 1. The lowest BCUT2D eigenvalue weighted by molar-refractivity contribution is -0.707. The van der Waals surface area contributed by atoms with Crippen molar-refractivity contribution < 1.29 is 10.1 Å². The van der Waals surface area contributed by atoms with Gasteiger partial charge in [-0.1, -0.05) is 23.7 Å². The number of carbonyl (C=O) groups is 1. The Morgan fingerprint density at radius 1 is 1.21 bits per heavy atom. The summed E-state index contributed by atoms with van der Waals surface area (Å²) in [6.07, 6.45) is 2.08. The summed E-state index contributed by atoms with van der Waals surface area (Å²) in [4.78, 5) is 14.9. The van der Waals surface area contributed by atoms with Gasteiger partial charge in [-0.15, -0.1) is 0 Å². The first-order valence-corrected chi connectivity index (χ1v) is 8.77. The molecule has 0 fully saturated rings. The Labute approximate surface area is 148 Å². The summed E-state index contributed by atoms with van der Waals surface area (Å²) in [5.41, 5.74) is 2.30. The maximum Gasteiger partial charge on any atom is 0.278 e. The monoisotopic (exact) mass is 346 g/mol. The van der Waals surface area contributed by atoms with Crippen LogP contribution in [0.15, 0.2) is 42.6 Å². The lowest BCUT2D eigenvalue weighted by Gasteiger charge is -2.37. The van der Waals surface area contributed by atoms with Gasteiger partial charge in [0.15, 0.2) is 6.54 Å². The Kier molecular flexibility index (Phi) is 4.70. The molecule has 4 nitrogen and oxygen atoms in total. The average molecular weight is 347 g/mol. The number of rotatable bonds is 3. The van der Waals surface area contributed by atoms with E-state index in [0.717, 1.165) is 24.3 Å². The smallest absolute Gasteiger partial charge is 0.278 e. The molecule has 0 aliphatic carbocycles. The van der Waals surface area contributed by atoms with Gasteiger partial charge in [0.05, 0.1) is 11.6 Å². The van der Waals surface area contributed by atoms with E-state index in [0.29, 0.717) is 11.6 Å². The summed E-state index contributed by atoms with van der Waals surface area (Å²) in [5, 5.41) is 2.81. The van der Waals surface area contributed by atoms with Crippen LogP contribution in [0.3, 0.4) is 0 Å². The molecular formula is C19H25ClN3O+. The first kappa shape index (κ1) is 17.1. The maximum atomic E-state index is 12.9. The fourth-order valence-corrected chi connectivity index (χ4v) is 3.28. The number of hydrogen-bond donors (Lipinski definition) is 1. The highest BCUT2D eigenvalue weighted by Gasteiger charge is 2.33. The summed E-state index contributed by atoms with van der Waals surface area (Å²) in [5.74, 6) is 0.178. The van der Waals surface area contributed by atoms with Gasteiger partial charge in [0, 0.05) is 30.0 Å². The van der Waals surface area contributed by atoms with Crippen LogP contribution in [0.4, 0.5) is 0 Å². The van der Waals surface area contributed by atoms with Crippen molar-refractivity contribution in [2.45, 2.75) is 38.9 Å². The van der Waals surface area contributed by atoms with E-state index in [1.807, 2.05) is 35.2 Å². The van der Waals surface area contributed by atoms with Crippen LogP contribution in [0.5, 0.6) is 0 Å². The number of nitrogens with zero attached hydrogens (tertiary/aromatic N) is 2. The molecule has 1 aromatic heterocycles. The van der Waals surface area contributed by atoms with Gasteiger partial charge in [0.25, 0.3) is 5.91 Å². The molecular weight excluding hydrogens is 322 g/mol. The third-order valence-corrected chi connectivity index (χ3v) is 4.69. The van der Waals surface area contributed by atoms with Crippen LogP contribution in [0.25, 0.3) is 0 Å². The van der Waals surface area contributed by atoms with Gasteiger partial charge in [0.1, 0.15) is 0 Å². The molecule has 1 atom stereocenters. The largest absolute Gasteiger partial charge is 0.348 e. The molecule has 2 N–H and O–H groups in total. The second kappa shape index (κ2) is 6.61. The topological polar surface area (TPSA) is 41.9 Å². The highest BCUT2D eigenvalue weighted by Crippen LogP contribution is 2.32. The third kappa shape index (κ3) is 3.65. The number of fused-ring (bicyclic) bond motifs is 1. The third-order valence-electron chi connectivity index (χ3n) is 4.43. The molecule has 0 radical (unpaired) electrons. The Morgan fingerprint density at radius 3 is 2.58 bits per heavy atom. The Balaban J connectivity index is 1.90. The summed E-state index contributed by atoms with van der Waals surface area (Å²) in [7, 11) is 0. The molecule has 128 valence electrons. The first-order valence-electron chi connectivity index (χ1n) is 8.39. The molecule has 1 aliphatic heterocycles. The zero-order chi connectivity index (χ0) is 17.3. The first-order chi connectivity index (χ1) is 11.3. The maximum absolute atomic E-state index is 12.9. The van der Waals surface area contributed by atoms with Crippen molar-refractivity contribution in [2.24, 2.45) is 0 Å². The van der Waals surface area contributed by atoms with Gasteiger partial charge in [-0.3, -0.25) is 4.79 Å². The summed E-state index contributed by atoms with van der Waals surface area (Å²) >= 11 is 6.04. The minimum atomic E-state index is -0.0492. The highest BCUT2D eigenvalue weighted by molar-refractivity contribution is 6.30. The van der Waals surface area contributed by atoms with E-state index in [2.05, 4.69) is 42.9 Å². The van der Waals surface area contributed by atoms with Crippen LogP contribution in [0, 0.1) is 0 Å². The minimum Gasteiger partial charge on any atom is -0.348 e. The SMILES string of the molecule is CC(C)(C)[NH2+]CC(=O)N1CCn2cccc2[C@H]1c1ccc(Cl)cc1. The lowest BCUT2D eigenvalue weighted by Crippen LogP contribution is -2.96. The molecule has 0 unspecified atom stereocenters. The molecule has 2 heterocycles. The van der Waals surface area contributed by atoms with Crippen LogP contribution in [0.2, 0.25) is 5.02 Å². The van der Waals surface area contributed by atoms with E-state index in [1.165, 1.54) is 0 Å². The fourth-order valence-electron chi connectivity index (χ4n) is 3.16. The quantitative estimate of drug-likeness (QED) is 0.911. The molecule has 0 spiro atoms. The number of quaternary nitrogens is 1. The van der Waals surface area contributed by atoms with Crippen LogP contribution < -0.4 is 5.32 Å². The zero-order valence-corrected chi connectivity index (χ0v) is 15.3. The molecule has 0 saturated heterocycles. The molecule has 24 heavy (non-hydrogen) atoms. The van der Waals surface area contributed by atoms with Crippen LogP contribution in [-0.4, -0.2) is 34.0 Å². The number of aromatic nitrogens is 1. The van der Waals surface area contributed by atoms with E-state index >= 15 is 0 Å². The molecule has 1 aromatic carbocycles. The highest BCUT2D eigenvalue weighted by atomic mass is 35.5. The molecule has 1 amide bonds. The van der Waals surface area contributed by atoms with E-state index in [1.54, 1.807) is 0 Å². The van der Waals surface area contributed by atoms with Gasteiger partial charge in [-0.05, 0) is 50.6 Å². The van der Waals surface area contributed by atoms with E-state index in [-0.39, 0.29) is 17.5 Å². The average Bonchev–Trinajstić information content (AvgIpc) is 3.00. The fraction of sp³-hybridized carbons (Fsp3) is 0.421. The van der Waals surface area contributed by atoms with Crippen LogP contribution >= 0.6 is 11.6 Å². The summed E-state index contributed by atoms with van der Waals surface area (Å²) in [6, 6.07) is 11.9. The molecule has 3 rings (SSSR count). The molecule has 0 bridgehead atoms. The number of nitrogens with two attached hydrogens (primary N) is 1. The Hall–Kier alpha value is -1.78. The number of amides is 1. The summed E-state index contributed by atoms with van der Waals surface area (Å²) < 4.78 is 2.23. The van der Waals surface area contributed by atoms with Crippen LogP contribution in [-0.2, 0) is 11.3 Å². The van der Waals surface area contributed by atoms with Crippen LogP contribution in [0.1, 0.15) is 38.1 Å². The van der Waals surface area contributed by atoms with E-state index in [4.69, 9.17) is 11.6 Å². The van der Waals surface area contributed by atoms with Crippen molar-refractivity contribution in [2.75, 3.05) is 13.1 Å². The Bertz CT molecular complexity index is 715. The number of carbonyl (C=O) groups excluding carboxylic acids is 1. The van der Waals surface area contributed by atoms with Crippen molar-refractivity contribution >= 4 is 17.5 Å². The number of benzene rings is 1. The van der Waals surface area contributed by atoms with Gasteiger partial charge >= 0.3 is 0 Å². The van der Waals surface area contributed by atoms with Gasteiger partial charge < -0.3 is 14.8 Å². The summed E-state index contributed by atoms with van der Waals surface area (Å²) in [6.45, 7) is 8.41. The standard InChI is InChI=1S/C19H24ClN3O/c1-19(2,3)21-13-17(24)23-12-11-22-10-4-5-16(22)18(23)14-6-8-15(20)9-7-14/h4-10,18,21H,11-13H2,1-3H3/p+1/t18-/m1/s1. The second-order valence-corrected chi connectivity index (χ2v) is 7.88. The van der Waals surface area contributed by atoms with Crippen molar-refractivity contribution in [1.82, 2.24) is 9.47 Å². The molecule has 0 saturated carbocycles. The predicted molar refractivity (Wildman–Crippen MR) is 96.0 cm³/mol. The van der Waals surface area contributed by atoms with Crippen molar-refractivity contribution in [3.8, 4) is 0 Å². The predicted octanol–water partition coefficient (Wildman–Crippen LogP) is 2.44. The van der Waals surface area contributed by atoms with Crippen molar-refractivity contribution in [3.05, 3.63) is 58.9 Å². The normalized spacial score (nSPS) is 17.7. The van der Waals surface area contributed by atoms with Crippen molar-refractivity contribution in [1.29, 1.82) is 0 Å². The molecule has 1 aliphatic rings. The zero-order valence-electron chi connectivity index (χ0n) is 14.5. The van der Waals surface area contributed by atoms with Gasteiger partial charge in [-0.25, -0.2) is 0 Å². The molecule has 5 heteroatoms. The lowest BCUT2D eigenvalue weighted by atomic mass is 9.99. The second-order valence-electron chi connectivity index (χ2n) is 7.44. The Morgan fingerprint density at radius 2 is 1.92 bits per heavy atom. The minimum absolute atomic E-state index is 0.0431. The van der Waals surface area contributed by atoms with E-state index < -0.39 is 0 Å². The number of hydrogen-bond acceptors (Lipinski definition) is 1. The van der Waals surface area contributed by atoms with Gasteiger partial charge in [0.2, 0.25) is 0 Å². The molecule has 2 aromatic rings. The van der Waals surface area contributed by atoms with Gasteiger partial charge in [-0.2, -0.15) is 0 Å². The van der Waals surface area contributed by atoms with E-state index in [9.17, 15) is 4.79 Å².